The SMILES string of the molecule is CN(CCOc1ccccc1)C(=O)C(N)Cc1ccccc1. The lowest BCUT2D eigenvalue weighted by atomic mass is 10.1. The van der Waals surface area contributed by atoms with Gasteiger partial charge in [-0.1, -0.05) is 48.5 Å². The van der Waals surface area contributed by atoms with Crippen LogP contribution in [0.1, 0.15) is 5.56 Å². The number of para-hydroxylation sites is 1. The predicted molar refractivity (Wildman–Crippen MR) is 87.7 cm³/mol. The summed E-state index contributed by atoms with van der Waals surface area (Å²) >= 11 is 0. The molecule has 1 amide bonds. The maximum absolute atomic E-state index is 12.2. The van der Waals surface area contributed by atoms with Crippen LogP contribution in [0.25, 0.3) is 0 Å². The number of benzene rings is 2. The minimum absolute atomic E-state index is 0.0690. The lowest BCUT2D eigenvalue weighted by Gasteiger charge is -2.21. The first kappa shape index (κ1) is 16.0. The second-order valence-corrected chi connectivity index (χ2v) is 5.22. The fourth-order valence-electron chi connectivity index (χ4n) is 2.17. The van der Waals surface area contributed by atoms with Gasteiger partial charge in [-0.25, -0.2) is 0 Å². The average Bonchev–Trinajstić information content (AvgIpc) is 2.56. The number of amides is 1. The van der Waals surface area contributed by atoms with Crippen molar-refractivity contribution in [3.63, 3.8) is 0 Å². The Bertz CT molecular complexity index is 572. The van der Waals surface area contributed by atoms with Crippen LogP contribution in [0.4, 0.5) is 0 Å². The van der Waals surface area contributed by atoms with Gasteiger partial charge in [-0.15, -0.1) is 0 Å². The van der Waals surface area contributed by atoms with Gasteiger partial charge in [-0.05, 0) is 24.1 Å². The minimum Gasteiger partial charge on any atom is -0.492 e. The predicted octanol–water partition coefficient (Wildman–Crippen LogP) is 2.09. The molecule has 0 spiro atoms. The van der Waals surface area contributed by atoms with Crippen LogP contribution < -0.4 is 10.5 Å². The maximum atomic E-state index is 12.2. The molecule has 2 aromatic rings. The smallest absolute Gasteiger partial charge is 0.239 e. The van der Waals surface area contributed by atoms with Gasteiger partial charge in [-0.2, -0.15) is 0 Å². The zero-order valence-corrected chi connectivity index (χ0v) is 12.8. The van der Waals surface area contributed by atoms with Crippen LogP contribution in [-0.4, -0.2) is 37.0 Å². The molecule has 0 fully saturated rings. The van der Waals surface area contributed by atoms with Crippen molar-refractivity contribution in [1.29, 1.82) is 0 Å². The number of nitrogens with two attached hydrogens (primary N) is 1. The molecule has 2 rings (SSSR count). The molecule has 0 saturated heterocycles. The zero-order valence-electron chi connectivity index (χ0n) is 12.8. The molecule has 0 aliphatic rings. The fraction of sp³-hybridized carbons (Fsp3) is 0.278. The summed E-state index contributed by atoms with van der Waals surface area (Å²) in [5.41, 5.74) is 7.07. The third kappa shape index (κ3) is 4.90. The Hall–Kier alpha value is -2.33. The van der Waals surface area contributed by atoms with Gasteiger partial charge < -0.3 is 15.4 Å². The first-order chi connectivity index (χ1) is 10.7. The number of hydrogen-bond acceptors (Lipinski definition) is 3. The van der Waals surface area contributed by atoms with Gasteiger partial charge in [0.1, 0.15) is 12.4 Å². The number of likely N-dealkylation sites (N-methyl/N-ethyl adjacent to an activating group) is 1. The molecule has 0 aliphatic carbocycles. The molecule has 0 aromatic heterocycles. The number of nitrogens with zero attached hydrogens (tertiary/aromatic N) is 1. The summed E-state index contributed by atoms with van der Waals surface area (Å²) in [5.74, 6) is 0.734. The Morgan fingerprint density at radius 1 is 1.09 bits per heavy atom. The van der Waals surface area contributed by atoms with Crippen molar-refractivity contribution in [2.45, 2.75) is 12.5 Å². The first-order valence-electron chi connectivity index (χ1n) is 7.39. The Morgan fingerprint density at radius 2 is 1.68 bits per heavy atom. The van der Waals surface area contributed by atoms with E-state index in [4.69, 9.17) is 10.5 Å². The summed E-state index contributed by atoms with van der Waals surface area (Å²) in [6.45, 7) is 0.959. The highest BCUT2D eigenvalue weighted by molar-refractivity contribution is 5.81. The zero-order chi connectivity index (χ0) is 15.8. The van der Waals surface area contributed by atoms with E-state index in [9.17, 15) is 4.79 Å². The van der Waals surface area contributed by atoms with Gasteiger partial charge in [0.25, 0.3) is 0 Å². The van der Waals surface area contributed by atoms with E-state index in [1.54, 1.807) is 11.9 Å². The summed E-state index contributed by atoms with van der Waals surface area (Å²) in [5, 5.41) is 0. The highest BCUT2D eigenvalue weighted by atomic mass is 16.5. The maximum Gasteiger partial charge on any atom is 0.239 e. The molecule has 4 nitrogen and oxygen atoms in total. The van der Waals surface area contributed by atoms with E-state index in [0.717, 1.165) is 11.3 Å². The number of carbonyl (C=O) groups excluding carboxylic acids is 1. The van der Waals surface area contributed by atoms with Crippen LogP contribution in [0.2, 0.25) is 0 Å². The van der Waals surface area contributed by atoms with Gasteiger partial charge in [0.15, 0.2) is 0 Å². The lowest BCUT2D eigenvalue weighted by Crippen LogP contribution is -2.44. The van der Waals surface area contributed by atoms with Crippen molar-refractivity contribution in [1.82, 2.24) is 4.90 Å². The summed E-state index contributed by atoms with van der Waals surface area (Å²) in [4.78, 5) is 13.9. The van der Waals surface area contributed by atoms with Crippen molar-refractivity contribution in [3.05, 3.63) is 66.2 Å². The van der Waals surface area contributed by atoms with Crippen LogP contribution in [0.3, 0.4) is 0 Å². The standard InChI is InChI=1S/C18H22N2O2/c1-20(12-13-22-16-10-6-3-7-11-16)18(21)17(19)14-15-8-4-2-5-9-15/h2-11,17H,12-14,19H2,1H3. The Kier molecular flexibility index (Phi) is 5.98. The topological polar surface area (TPSA) is 55.6 Å². The molecule has 1 unspecified atom stereocenters. The van der Waals surface area contributed by atoms with Crippen molar-refractivity contribution in [2.75, 3.05) is 20.2 Å². The third-order valence-electron chi connectivity index (χ3n) is 3.43. The Morgan fingerprint density at radius 3 is 2.32 bits per heavy atom. The summed E-state index contributed by atoms with van der Waals surface area (Å²) in [6.07, 6.45) is 0.545. The molecule has 2 N–H and O–H groups in total. The number of ether oxygens (including phenoxy) is 1. The molecule has 22 heavy (non-hydrogen) atoms. The van der Waals surface area contributed by atoms with Crippen molar-refractivity contribution >= 4 is 5.91 Å². The van der Waals surface area contributed by atoms with E-state index in [0.29, 0.717) is 19.6 Å². The summed E-state index contributed by atoms with van der Waals surface area (Å²) < 4.78 is 5.59. The number of rotatable bonds is 7. The largest absolute Gasteiger partial charge is 0.492 e. The van der Waals surface area contributed by atoms with E-state index in [2.05, 4.69) is 0 Å². The van der Waals surface area contributed by atoms with E-state index >= 15 is 0 Å². The summed E-state index contributed by atoms with van der Waals surface area (Å²) in [7, 11) is 1.75. The second kappa shape index (κ2) is 8.20. The molecule has 0 saturated carbocycles. The van der Waals surface area contributed by atoms with Gasteiger partial charge in [0, 0.05) is 7.05 Å². The van der Waals surface area contributed by atoms with E-state index in [1.807, 2.05) is 60.7 Å². The molecule has 116 valence electrons. The Labute approximate surface area is 131 Å². The van der Waals surface area contributed by atoms with Crippen LogP contribution in [0.5, 0.6) is 5.75 Å². The van der Waals surface area contributed by atoms with Crippen molar-refractivity contribution < 1.29 is 9.53 Å². The fourth-order valence-corrected chi connectivity index (χ4v) is 2.17. The van der Waals surface area contributed by atoms with Crippen molar-refractivity contribution in [3.8, 4) is 5.75 Å². The van der Waals surface area contributed by atoms with Crippen molar-refractivity contribution in [2.24, 2.45) is 5.73 Å². The molecular formula is C18H22N2O2. The van der Waals surface area contributed by atoms with Gasteiger partial charge >= 0.3 is 0 Å². The average molecular weight is 298 g/mol. The third-order valence-corrected chi connectivity index (χ3v) is 3.43. The molecule has 4 heteroatoms. The van der Waals surface area contributed by atoms with E-state index < -0.39 is 6.04 Å². The lowest BCUT2D eigenvalue weighted by molar-refractivity contribution is -0.131. The molecule has 0 bridgehead atoms. The van der Waals surface area contributed by atoms with Crippen LogP contribution in [0.15, 0.2) is 60.7 Å². The Balaban J connectivity index is 1.76. The van der Waals surface area contributed by atoms with Gasteiger partial charge in [-0.3, -0.25) is 4.79 Å². The quantitative estimate of drug-likeness (QED) is 0.851. The molecule has 1 atom stereocenters. The minimum atomic E-state index is -0.524. The molecular weight excluding hydrogens is 276 g/mol. The summed E-state index contributed by atoms with van der Waals surface area (Å²) in [6, 6.07) is 18.8. The van der Waals surface area contributed by atoms with E-state index in [-0.39, 0.29) is 5.91 Å². The van der Waals surface area contributed by atoms with E-state index in [1.165, 1.54) is 0 Å². The molecule has 2 aromatic carbocycles. The molecule has 0 heterocycles. The first-order valence-corrected chi connectivity index (χ1v) is 7.39. The molecule has 0 radical (unpaired) electrons. The molecule has 0 aliphatic heterocycles. The highest BCUT2D eigenvalue weighted by Gasteiger charge is 2.18. The van der Waals surface area contributed by atoms with Crippen LogP contribution in [-0.2, 0) is 11.2 Å². The van der Waals surface area contributed by atoms with Crippen LogP contribution in [0, 0.1) is 0 Å². The van der Waals surface area contributed by atoms with Crippen LogP contribution >= 0.6 is 0 Å². The van der Waals surface area contributed by atoms with Gasteiger partial charge in [0.2, 0.25) is 5.91 Å². The van der Waals surface area contributed by atoms with Gasteiger partial charge in [0.05, 0.1) is 12.6 Å². The number of hydrogen-bond donors (Lipinski definition) is 1. The highest BCUT2D eigenvalue weighted by Crippen LogP contribution is 2.08. The normalized spacial score (nSPS) is 11.7. The monoisotopic (exact) mass is 298 g/mol. The second-order valence-electron chi connectivity index (χ2n) is 5.22. The number of carbonyl (C=O) groups is 1.